The predicted molar refractivity (Wildman–Crippen MR) is 85.4 cm³/mol. The number of hydrogen-bond acceptors (Lipinski definition) is 4. The van der Waals surface area contributed by atoms with Crippen molar-refractivity contribution in [2.75, 3.05) is 21.3 Å². The van der Waals surface area contributed by atoms with Gasteiger partial charge in [-0.1, -0.05) is 6.08 Å². The molecule has 0 aromatic carbocycles. The van der Waals surface area contributed by atoms with E-state index in [0.717, 1.165) is 50.5 Å². The van der Waals surface area contributed by atoms with Crippen molar-refractivity contribution in [2.45, 2.75) is 63.3 Å². The highest BCUT2D eigenvalue weighted by molar-refractivity contribution is 5.25. The van der Waals surface area contributed by atoms with E-state index in [2.05, 4.69) is 12.1 Å². The largest absolute Gasteiger partial charge is 0.381 e. The molecular weight excluding hydrogens is 278 g/mol. The average Bonchev–Trinajstić information content (AvgIpc) is 2.59. The van der Waals surface area contributed by atoms with Gasteiger partial charge in [0.25, 0.3) is 0 Å². The Morgan fingerprint density at radius 2 is 1.59 bits per heavy atom. The first-order valence-corrected chi connectivity index (χ1v) is 8.42. The van der Waals surface area contributed by atoms with Gasteiger partial charge in [0, 0.05) is 26.9 Å². The van der Waals surface area contributed by atoms with Gasteiger partial charge < -0.3 is 14.2 Å². The van der Waals surface area contributed by atoms with E-state index in [0.29, 0.717) is 17.9 Å². The van der Waals surface area contributed by atoms with Crippen LogP contribution in [-0.4, -0.2) is 39.6 Å². The van der Waals surface area contributed by atoms with Gasteiger partial charge in [0.2, 0.25) is 0 Å². The maximum Gasteiger partial charge on any atom is 0.0946 e. The van der Waals surface area contributed by atoms with Crippen LogP contribution in [0.2, 0.25) is 0 Å². The quantitative estimate of drug-likeness (QED) is 0.730. The third-order valence-electron chi connectivity index (χ3n) is 5.37. The molecule has 0 aromatic rings. The second-order valence-electron chi connectivity index (χ2n) is 6.56. The molecule has 0 heterocycles. The van der Waals surface area contributed by atoms with Crippen LogP contribution < -0.4 is 0 Å². The topological polar surface area (TPSA) is 51.5 Å². The Balaban J connectivity index is 1.96. The van der Waals surface area contributed by atoms with E-state index >= 15 is 0 Å². The Hall–Kier alpha value is -0.890. The normalized spacial score (nSPS) is 36.8. The molecule has 0 unspecified atom stereocenters. The van der Waals surface area contributed by atoms with Gasteiger partial charge in [0.1, 0.15) is 0 Å². The van der Waals surface area contributed by atoms with E-state index in [9.17, 15) is 5.26 Å². The molecule has 0 aliphatic heterocycles. The summed E-state index contributed by atoms with van der Waals surface area (Å²) in [5, 5.41) is 9.55. The summed E-state index contributed by atoms with van der Waals surface area (Å²) in [5.74, 6) is 0.851. The van der Waals surface area contributed by atoms with E-state index in [1.807, 2.05) is 0 Å². The SMILES string of the molecule is COC1CCC(/C(C#N)=C\[C@H]2CC[C@H](OC)[C@H](OC)C2)CC1. The van der Waals surface area contributed by atoms with E-state index < -0.39 is 0 Å². The first-order valence-electron chi connectivity index (χ1n) is 8.42. The van der Waals surface area contributed by atoms with Crippen molar-refractivity contribution in [3.63, 3.8) is 0 Å². The zero-order valence-electron chi connectivity index (χ0n) is 14.1. The van der Waals surface area contributed by atoms with Gasteiger partial charge in [-0.05, 0) is 56.8 Å². The molecule has 2 rings (SSSR count). The Bertz CT molecular complexity index is 407. The van der Waals surface area contributed by atoms with Gasteiger partial charge in [-0.25, -0.2) is 0 Å². The summed E-state index contributed by atoms with van der Waals surface area (Å²) in [6.07, 6.45) is 10.2. The second-order valence-corrected chi connectivity index (χ2v) is 6.56. The molecule has 2 aliphatic carbocycles. The first-order chi connectivity index (χ1) is 10.7. The number of methoxy groups -OCH3 is 3. The van der Waals surface area contributed by atoms with E-state index in [4.69, 9.17) is 14.2 Å². The number of allylic oxidation sites excluding steroid dienone is 2. The number of ether oxygens (including phenoxy) is 3. The van der Waals surface area contributed by atoms with Crippen LogP contribution in [0.3, 0.4) is 0 Å². The summed E-state index contributed by atoms with van der Waals surface area (Å²) >= 11 is 0. The molecule has 2 fully saturated rings. The third-order valence-corrected chi connectivity index (χ3v) is 5.37. The highest BCUT2D eigenvalue weighted by Crippen LogP contribution is 2.34. The summed E-state index contributed by atoms with van der Waals surface area (Å²) < 4.78 is 16.5. The van der Waals surface area contributed by atoms with Crippen molar-refractivity contribution >= 4 is 0 Å². The Morgan fingerprint density at radius 3 is 2.14 bits per heavy atom. The van der Waals surface area contributed by atoms with E-state index in [1.54, 1.807) is 21.3 Å². The smallest absolute Gasteiger partial charge is 0.0946 e. The summed E-state index contributed by atoms with van der Waals surface area (Å²) in [6.45, 7) is 0. The number of rotatable bonds is 5. The minimum atomic E-state index is 0.143. The molecule has 4 nitrogen and oxygen atoms in total. The van der Waals surface area contributed by atoms with E-state index in [-0.39, 0.29) is 12.2 Å². The molecule has 0 aromatic heterocycles. The lowest BCUT2D eigenvalue weighted by molar-refractivity contribution is -0.0656. The van der Waals surface area contributed by atoms with Crippen LogP contribution in [0, 0.1) is 23.2 Å². The highest BCUT2D eigenvalue weighted by atomic mass is 16.5. The molecule has 124 valence electrons. The molecule has 2 saturated carbocycles. The number of hydrogen-bond donors (Lipinski definition) is 0. The molecule has 4 heteroatoms. The summed E-state index contributed by atoms with van der Waals surface area (Å²) in [7, 11) is 5.28. The molecule has 22 heavy (non-hydrogen) atoms. The lowest BCUT2D eigenvalue weighted by Crippen LogP contribution is -2.36. The summed E-state index contributed by atoms with van der Waals surface area (Å²) in [4.78, 5) is 0. The van der Waals surface area contributed by atoms with Crippen LogP contribution in [0.1, 0.15) is 44.9 Å². The molecule has 0 saturated heterocycles. The van der Waals surface area contributed by atoms with Crippen LogP contribution in [0.4, 0.5) is 0 Å². The van der Waals surface area contributed by atoms with Crippen molar-refractivity contribution in [3.8, 4) is 6.07 Å². The molecule has 0 N–H and O–H groups in total. The van der Waals surface area contributed by atoms with Gasteiger partial charge in [-0.2, -0.15) is 5.26 Å². The van der Waals surface area contributed by atoms with Gasteiger partial charge in [0.15, 0.2) is 0 Å². The molecule has 0 radical (unpaired) electrons. The predicted octanol–water partition coefficient (Wildman–Crippen LogP) is 3.47. The molecule has 0 bridgehead atoms. The van der Waals surface area contributed by atoms with Gasteiger partial charge in [-0.15, -0.1) is 0 Å². The standard InChI is InChI=1S/C18H29NO3/c1-20-16-7-5-14(6-8-16)15(12-19)10-13-4-9-17(21-2)18(11-13)22-3/h10,13-14,16-18H,4-9,11H2,1-3H3/b15-10-/t13-,14?,16?,17+,18-/m1/s1. The summed E-state index contributed by atoms with van der Waals surface area (Å²) in [5.41, 5.74) is 0.977. The van der Waals surface area contributed by atoms with Crippen LogP contribution >= 0.6 is 0 Å². The van der Waals surface area contributed by atoms with Crippen molar-refractivity contribution in [1.29, 1.82) is 5.26 Å². The maximum absolute atomic E-state index is 9.55. The minimum Gasteiger partial charge on any atom is -0.381 e. The summed E-state index contributed by atoms with van der Waals surface area (Å²) in [6, 6.07) is 2.46. The molecule has 0 amide bonds. The number of nitrogens with zero attached hydrogens (tertiary/aromatic N) is 1. The second kappa shape index (κ2) is 8.67. The first kappa shape index (κ1) is 17.5. The third kappa shape index (κ3) is 4.32. The Morgan fingerprint density at radius 1 is 0.909 bits per heavy atom. The van der Waals surface area contributed by atoms with Gasteiger partial charge in [-0.3, -0.25) is 0 Å². The van der Waals surface area contributed by atoms with Crippen LogP contribution in [0.15, 0.2) is 11.6 Å². The zero-order valence-corrected chi connectivity index (χ0v) is 14.1. The minimum absolute atomic E-state index is 0.143. The fourth-order valence-electron chi connectivity index (χ4n) is 3.93. The van der Waals surface area contributed by atoms with Crippen LogP contribution in [0.5, 0.6) is 0 Å². The highest BCUT2D eigenvalue weighted by Gasteiger charge is 2.31. The molecule has 2 aliphatic rings. The maximum atomic E-state index is 9.55. The number of nitriles is 1. The average molecular weight is 307 g/mol. The van der Waals surface area contributed by atoms with Crippen molar-refractivity contribution < 1.29 is 14.2 Å². The Labute approximate surface area is 134 Å². The van der Waals surface area contributed by atoms with Crippen LogP contribution in [-0.2, 0) is 14.2 Å². The monoisotopic (exact) mass is 307 g/mol. The van der Waals surface area contributed by atoms with Crippen molar-refractivity contribution in [2.24, 2.45) is 11.8 Å². The van der Waals surface area contributed by atoms with Gasteiger partial charge in [0.05, 0.1) is 24.4 Å². The van der Waals surface area contributed by atoms with Crippen molar-refractivity contribution in [1.82, 2.24) is 0 Å². The lowest BCUT2D eigenvalue weighted by atomic mass is 9.79. The zero-order chi connectivity index (χ0) is 15.9. The van der Waals surface area contributed by atoms with E-state index in [1.165, 1.54) is 0 Å². The fourth-order valence-corrected chi connectivity index (χ4v) is 3.93. The van der Waals surface area contributed by atoms with Gasteiger partial charge >= 0.3 is 0 Å². The molecular formula is C18H29NO3. The lowest BCUT2D eigenvalue weighted by Gasteiger charge is -2.34. The molecule has 0 spiro atoms. The molecule has 3 atom stereocenters. The van der Waals surface area contributed by atoms with Crippen LogP contribution in [0.25, 0.3) is 0 Å². The van der Waals surface area contributed by atoms with Crippen molar-refractivity contribution in [3.05, 3.63) is 11.6 Å². The fraction of sp³-hybridized carbons (Fsp3) is 0.833. The Kier molecular flexibility index (Phi) is 6.88.